The van der Waals surface area contributed by atoms with Gasteiger partial charge in [0.1, 0.15) is 0 Å². The van der Waals surface area contributed by atoms with Gasteiger partial charge in [-0.05, 0) is 49.4 Å². The van der Waals surface area contributed by atoms with Gasteiger partial charge in [0, 0.05) is 49.8 Å². The summed E-state index contributed by atoms with van der Waals surface area (Å²) >= 11 is 0. The van der Waals surface area contributed by atoms with Crippen LogP contribution in [0.5, 0.6) is 0 Å². The van der Waals surface area contributed by atoms with Gasteiger partial charge in [0.2, 0.25) is 0 Å². The van der Waals surface area contributed by atoms with Gasteiger partial charge in [-0.25, -0.2) is 4.79 Å². The summed E-state index contributed by atoms with van der Waals surface area (Å²) in [7, 11) is 0. The summed E-state index contributed by atoms with van der Waals surface area (Å²) < 4.78 is 5.24. The number of esters is 1. The molecule has 1 heterocycles. The Morgan fingerprint density at radius 2 is 1.69 bits per heavy atom. The molecule has 1 saturated heterocycles. The van der Waals surface area contributed by atoms with Gasteiger partial charge in [0.25, 0.3) is 5.91 Å². The lowest BCUT2D eigenvalue weighted by atomic mass is 10.1. The molecule has 1 aliphatic heterocycles. The Hall–Kier alpha value is -3.06. The standard InChI is InChI=1S/C25H34N4O3/c1-3-5-14-26-23-9-7-6-8-22(23)25(31)32-19-24(30)27-20-10-12-21(13-11-20)29-17-15-28(4-2)16-18-29/h6-13,26H,3-5,14-19H2,1-2H3,(H,27,30). The van der Waals surface area contributed by atoms with E-state index in [9.17, 15) is 9.59 Å². The summed E-state index contributed by atoms with van der Waals surface area (Å²) in [6, 6.07) is 15.0. The first-order chi connectivity index (χ1) is 15.6. The summed E-state index contributed by atoms with van der Waals surface area (Å²) in [5, 5.41) is 6.05. The minimum absolute atomic E-state index is 0.330. The fourth-order valence-electron chi connectivity index (χ4n) is 3.70. The van der Waals surface area contributed by atoms with Gasteiger partial charge in [-0.2, -0.15) is 0 Å². The maximum Gasteiger partial charge on any atom is 0.340 e. The van der Waals surface area contributed by atoms with Gasteiger partial charge in [-0.1, -0.05) is 32.4 Å². The Balaban J connectivity index is 1.47. The van der Waals surface area contributed by atoms with Gasteiger partial charge in [-0.3, -0.25) is 4.79 Å². The van der Waals surface area contributed by atoms with Crippen molar-refractivity contribution in [1.29, 1.82) is 0 Å². The molecular formula is C25H34N4O3. The van der Waals surface area contributed by atoms with E-state index in [0.29, 0.717) is 11.3 Å². The van der Waals surface area contributed by atoms with Gasteiger partial charge >= 0.3 is 5.97 Å². The lowest BCUT2D eigenvalue weighted by Crippen LogP contribution is -2.46. The number of para-hydroxylation sites is 1. The van der Waals surface area contributed by atoms with Gasteiger partial charge in [0.05, 0.1) is 5.56 Å². The summed E-state index contributed by atoms with van der Waals surface area (Å²) in [4.78, 5) is 29.5. The summed E-state index contributed by atoms with van der Waals surface area (Å²) in [5.74, 6) is -0.875. The molecule has 0 radical (unpaired) electrons. The molecule has 1 aliphatic rings. The highest BCUT2D eigenvalue weighted by Gasteiger charge is 2.16. The second-order valence-corrected chi connectivity index (χ2v) is 7.92. The quantitative estimate of drug-likeness (QED) is 0.434. The lowest BCUT2D eigenvalue weighted by Gasteiger charge is -2.35. The van der Waals surface area contributed by atoms with Crippen molar-refractivity contribution >= 4 is 28.9 Å². The van der Waals surface area contributed by atoms with E-state index in [0.717, 1.165) is 63.5 Å². The van der Waals surface area contributed by atoms with Crippen LogP contribution in [0.15, 0.2) is 48.5 Å². The minimum Gasteiger partial charge on any atom is -0.452 e. The molecule has 0 unspecified atom stereocenters. The van der Waals surface area contributed by atoms with Crippen molar-refractivity contribution in [2.75, 3.05) is 61.4 Å². The summed E-state index contributed by atoms with van der Waals surface area (Å²) in [6.07, 6.45) is 2.08. The molecule has 172 valence electrons. The number of likely N-dealkylation sites (N-methyl/N-ethyl adjacent to an activating group) is 1. The topological polar surface area (TPSA) is 73.9 Å². The maximum atomic E-state index is 12.5. The number of nitrogens with zero attached hydrogens (tertiary/aromatic N) is 2. The van der Waals surface area contributed by atoms with Crippen molar-refractivity contribution in [2.24, 2.45) is 0 Å². The average molecular weight is 439 g/mol. The third-order valence-electron chi connectivity index (χ3n) is 5.66. The third-order valence-corrected chi connectivity index (χ3v) is 5.66. The van der Waals surface area contributed by atoms with Crippen molar-refractivity contribution in [3.05, 3.63) is 54.1 Å². The van der Waals surface area contributed by atoms with Crippen LogP contribution in [0.1, 0.15) is 37.0 Å². The van der Waals surface area contributed by atoms with Crippen LogP contribution in [0.2, 0.25) is 0 Å². The second-order valence-electron chi connectivity index (χ2n) is 7.92. The van der Waals surface area contributed by atoms with Crippen molar-refractivity contribution in [3.63, 3.8) is 0 Å². The molecule has 32 heavy (non-hydrogen) atoms. The minimum atomic E-state index is -0.513. The van der Waals surface area contributed by atoms with Crippen LogP contribution >= 0.6 is 0 Å². The zero-order valence-corrected chi connectivity index (χ0v) is 19.1. The number of amides is 1. The van der Waals surface area contributed by atoms with E-state index in [1.165, 1.54) is 0 Å². The molecule has 0 bridgehead atoms. The number of carbonyl (C=O) groups is 2. The Labute approximate surface area is 190 Å². The van der Waals surface area contributed by atoms with Crippen LogP contribution in [0.3, 0.4) is 0 Å². The van der Waals surface area contributed by atoms with Crippen LogP contribution in [-0.2, 0) is 9.53 Å². The third kappa shape index (κ3) is 6.72. The van der Waals surface area contributed by atoms with Crippen LogP contribution in [-0.4, -0.2) is 62.7 Å². The molecule has 1 fully saturated rings. The van der Waals surface area contributed by atoms with E-state index >= 15 is 0 Å². The average Bonchev–Trinajstić information content (AvgIpc) is 2.83. The van der Waals surface area contributed by atoms with Crippen LogP contribution < -0.4 is 15.5 Å². The molecule has 7 heteroatoms. The molecule has 2 aromatic carbocycles. The first kappa shape index (κ1) is 23.6. The normalized spacial score (nSPS) is 14.1. The highest BCUT2D eigenvalue weighted by Crippen LogP contribution is 2.20. The first-order valence-electron chi connectivity index (χ1n) is 11.5. The number of hydrogen-bond acceptors (Lipinski definition) is 6. The molecular weight excluding hydrogens is 404 g/mol. The molecule has 1 amide bonds. The SMILES string of the molecule is CCCCNc1ccccc1C(=O)OCC(=O)Nc1ccc(N2CCN(CC)CC2)cc1. The van der Waals surface area contributed by atoms with Gasteiger partial charge in [0.15, 0.2) is 6.61 Å². The molecule has 0 saturated carbocycles. The fourth-order valence-corrected chi connectivity index (χ4v) is 3.70. The fraction of sp³-hybridized carbons (Fsp3) is 0.440. The predicted molar refractivity (Wildman–Crippen MR) is 130 cm³/mol. The number of benzene rings is 2. The zero-order valence-electron chi connectivity index (χ0n) is 19.1. The number of ether oxygens (including phenoxy) is 1. The van der Waals surface area contributed by atoms with E-state index in [1.54, 1.807) is 12.1 Å². The number of rotatable bonds is 10. The van der Waals surface area contributed by atoms with Crippen molar-refractivity contribution in [3.8, 4) is 0 Å². The summed E-state index contributed by atoms with van der Waals surface area (Å²) in [6.45, 7) is 9.98. The molecule has 3 rings (SSSR count). The molecule has 2 aromatic rings. The molecule has 2 N–H and O–H groups in total. The Morgan fingerprint density at radius 3 is 2.38 bits per heavy atom. The maximum absolute atomic E-state index is 12.5. The van der Waals surface area contributed by atoms with E-state index in [1.807, 2.05) is 36.4 Å². The monoisotopic (exact) mass is 438 g/mol. The number of nitrogens with one attached hydrogen (secondary N) is 2. The highest BCUT2D eigenvalue weighted by atomic mass is 16.5. The molecule has 0 atom stereocenters. The summed E-state index contributed by atoms with van der Waals surface area (Å²) in [5.41, 5.74) is 2.99. The van der Waals surface area contributed by atoms with Crippen molar-refractivity contribution in [2.45, 2.75) is 26.7 Å². The smallest absolute Gasteiger partial charge is 0.340 e. The second kappa shape index (κ2) is 12.1. The molecule has 0 aliphatic carbocycles. The largest absolute Gasteiger partial charge is 0.452 e. The Morgan fingerprint density at radius 1 is 0.969 bits per heavy atom. The number of carbonyl (C=O) groups excluding carboxylic acids is 2. The zero-order chi connectivity index (χ0) is 22.8. The molecule has 0 aromatic heterocycles. The Kier molecular flexibility index (Phi) is 8.92. The van der Waals surface area contributed by atoms with E-state index in [2.05, 4.69) is 34.3 Å². The van der Waals surface area contributed by atoms with Crippen LogP contribution in [0.25, 0.3) is 0 Å². The predicted octanol–water partition coefficient (Wildman–Crippen LogP) is 3.84. The van der Waals surface area contributed by atoms with E-state index in [4.69, 9.17) is 4.74 Å². The van der Waals surface area contributed by atoms with Crippen LogP contribution in [0, 0.1) is 0 Å². The first-order valence-corrected chi connectivity index (χ1v) is 11.5. The van der Waals surface area contributed by atoms with Crippen LogP contribution in [0.4, 0.5) is 17.1 Å². The van der Waals surface area contributed by atoms with Gasteiger partial charge in [-0.15, -0.1) is 0 Å². The lowest BCUT2D eigenvalue weighted by molar-refractivity contribution is -0.119. The molecule has 7 nitrogen and oxygen atoms in total. The van der Waals surface area contributed by atoms with E-state index < -0.39 is 5.97 Å². The number of hydrogen-bond donors (Lipinski definition) is 2. The number of anilines is 3. The number of piperazine rings is 1. The highest BCUT2D eigenvalue weighted by molar-refractivity contribution is 5.98. The van der Waals surface area contributed by atoms with Crippen molar-refractivity contribution < 1.29 is 14.3 Å². The van der Waals surface area contributed by atoms with Gasteiger partial charge < -0.3 is 25.2 Å². The number of unbranched alkanes of at least 4 members (excludes halogenated alkanes) is 1. The van der Waals surface area contributed by atoms with Crippen molar-refractivity contribution in [1.82, 2.24) is 4.90 Å². The Bertz CT molecular complexity index is 877. The van der Waals surface area contributed by atoms with E-state index in [-0.39, 0.29) is 12.5 Å². The molecule has 0 spiro atoms.